The Hall–Kier alpha value is -2.15. The zero-order valence-corrected chi connectivity index (χ0v) is 22.0. The molecule has 0 saturated heterocycles. The summed E-state index contributed by atoms with van der Waals surface area (Å²) in [5.74, 6) is 8.60. The molecule has 2 rings (SSSR count). The Morgan fingerprint density at radius 2 is 1.00 bits per heavy atom. The number of methoxy groups -OCH3 is 2. The summed E-state index contributed by atoms with van der Waals surface area (Å²) in [6.07, 6.45) is 3.53. The van der Waals surface area contributed by atoms with Crippen LogP contribution in [0.15, 0.2) is 24.3 Å². The molecule has 0 bridgehead atoms. The molecular formula is C26H36O2Si2. The average molecular weight is 437 g/mol. The van der Waals surface area contributed by atoms with Crippen molar-refractivity contribution >= 4 is 26.9 Å². The SMILES string of the molecule is COc1cc2cc(OC)c(CCC#C[Si](C)(C)C)cc2cc1CCC#C[Si](C)(C)C. The third-order valence-electron chi connectivity index (χ3n) is 4.60. The molecule has 0 unspecified atom stereocenters. The van der Waals surface area contributed by atoms with Gasteiger partial charge in [-0.15, -0.1) is 22.9 Å². The van der Waals surface area contributed by atoms with Gasteiger partial charge >= 0.3 is 0 Å². The van der Waals surface area contributed by atoms with Gasteiger partial charge in [-0.3, -0.25) is 0 Å². The summed E-state index contributed by atoms with van der Waals surface area (Å²) in [5, 5.41) is 2.36. The van der Waals surface area contributed by atoms with E-state index in [0.29, 0.717) is 0 Å². The highest BCUT2D eigenvalue weighted by Crippen LogP contribution is 2.32. The minimum Gasteiger partial charge on any atom is -0.496 e. The zero-order valence-electron chi connectivity index (χ0n) is 20.0. The molecule has 0 fully saturated rings. The van der Waals surface area contributed by atoms with Gasteiger partial charge in [0.1, 0.15) is 27.6 Å². The molecule has 0 amide bonds. The second-order valence-corrected chi connectivity index (χ2v) is 19.3. The normalized spacial score (nSPS) is 11.3. The van der Waals surface area contributed by atoms with Gasteiger partial charge < -0.3 is 9.47 Å². The van der Waals surface area contributed by atoms with Crippen molar-refractivity contribution in [1.29, 1.82) is 0 Å². The second-order valence-electron chi connectivity index (χ2n) is 9.78. The van der Waals surface area contributed by atoms with Crippen molar-refractivity contribution in [1.82, 2.24) is 0 Å². The van der Waals surface area contributed by atoms with Crippen molar-refractivity contribution in [2.75, 3.05) is 14.2 Å². The van der Waals surface area contributed by atoms with Gasteiger partial charge in [-0.25, -0.2) is 0 Å². The predicted molar refractivity (Wildman–Crippen MR) is 136 cm³/mol. The number of benzene rings is 2. The van der Waals surface area contributed by atoms with Gasteiger partial charge in [0.2, 0.25) is 0 Å². The molecule has 0 saturated carbocycles. The van der Waals surface area contributed by atoms with E-state index in [0.717, 1.165) is 42.6 Å². The molecule has 0 heterocycles. The van der Waals surface area contributed by atoms with Crippen molar-refractivity contribution in [2.24, 2.45) is 0 Å². The lowest BCUT2D eigenvalue weighted by molar-refractivity contribution is 0.408. The van der Waals surface area contributed by atoms with Gasteiger partial charge in [-0.05, 0) is 59.0 Å². The summed E-state index contributed by atoms with van der Waals surface area (Å²) in [7, 11) is 0.831. The average Bonchev–Trinajstić information content (AvgIpc) is 2.65. The summed E-state index contributed by atoms with van der Waals surface area (Å²) in [6, 6.07) is 8.74. The quantitative estimate of drug-likeness (QED) is 0.381. The van der Waals surface area contributed by atoms with Crippen LogP contribution in [0.3, 0.4) is 0 Å². The Labute approximate surface area is 185 Å². The Balaban J connectivity index is 2.31. The van der Waals surface area contributed by atoms with Gasteiger partial charge in [0, 0.05) is 12.8 Å². The molecule has 0 atom stereocenters. The highest BCUT2D eigenvalue weighted by atomic mass is 28.3. The third-order valence-corrected chi connectivity index (χ3v) is 6.46. The Kier molecular flexibility index (Phi) is 8.24. The minimum absolute atomic E-state index is 0.863. The van der Waals surface area contributed by atoms with Crippen LogP contribution in [0.25, 0.3) is 10.8 Å². The van der Waals surface area contributed by atoms with Crippen molar-refractivity contribution in [3.63, 3.8) is 0 Å². The van der Waals surface area contributed by atoms with Crippen LogP contribution in [0, 0.1) is 22.9 Å². The molecule has 160 valence electrons. The Morgan fingerprint density at radius 1 is 0.633 bits per heavy atom. The number of hydrogen-bond acceptors (Lipinski definition) is 2. The lowest BCUT2D eigenvalue weighted by atomic mass is 9.98. The number of ether oxygens (including phenoxy) is 2. The van der Waals surface area contributed by atoms with E-state index >= 15 is 0 Å². The maximum Gasteiger partial charge on any atom is 0.129 e. The van der Waals surface area contributed by atoms with Crippen LogP contribution in [-0.2, 0) is 12.8 Å². The van der Waals surface area contributed by atoms with Crippen molar-refractivity contribution in [3.05, 3.63) is 35.4 Å². The largest absolute Gasteiger partial charge is 0.496 e. The number of hydrogen-bond donors (Lipinski definition) is 0. The van der Waals surface area contributed by atoms with E-state index in [9.17, 15) is 0 Å². The summed E-state index contributed by atoms with van der Waals surface area (Å²) < 4.78 is 11.3. The topological polar surface area (TPSA) is 18.5 Å². The van der Waals surface area contributed by atoms with E-state index in [2.05, 4.69) is 86.5 Å². The highest BCUT2D eigenvalue weighted by molar-refractivity contribution is 6.84. The van der Waals surface area contributed by atoms with Crippen LogP contribution in [-0.4, -0.2) is 30.4 Å². The fourth-order valence-corrected chi connectivity index (χ4v) is 4.53. The van der Waals surface area contributed by atoms with Crippen LogP contribution in [0.4, 0.5) is 0 Å². The number of fused-ring (bicyclic) bond motifs is 1. The molecule has 2 nitrogen and oxygen atoms in total. The van der Waals surface area contributed by atoms with Crippen LogP contribution >= 0.6 is 0 Å². The van der Waals surface area contributed by atoms with E-state index in [1.54, 1.807) is 14.2 Å². The van der Waals surface area contributed by atoms with Gasteiger partial charge in [-0.1, -0.05) is 39.3 Å². The van der Waals surface area contributed by atoms with Gasteiger partial charge in [0.15, 0.2) is 0 Å². The van der Waals surface area contributed by atoms with Crippen LogP contribution in [0.1, 0.15) is 24.0 Å². The number of aryl methyl sites for hydroxylation is 2. The molecule has 0 aromatic heterocycles. The van der Waals surface area contributed by atoms with Crippen molar-refractivity contribution in [3.8, 4) is 34.4 Å². The lowest BCUT2D eigenvalue weighted by Gasteiger charge is -2.13. The summed E-state index contributed by atoms with van der Waals surface area (Å²) in [5.41, 5.74) is 9.33. The summed E-state index contributed by atoms with van der Waals surface area (Å²) in [4.78, 5) is 0. The molecule has 0 aliphatic heterocycles. The Morgan fingerprint density at radius 3 is 1.33 bits per heavy atom. The maximum atomic E-state index is 5.67. The molecule has 0 aliphatic rings. The first-order chi connectivity index (χ1) is 14.0. The van der Waals surface area contributed by atoms with E-state index < -0.39 is 16.1 Å². The molecule has 2 aromatic carbocycles. The maximum absolute atomic E-state index is 5.67. The zero-order chi connectivity index (χ0) is 22.4. The molecule has 0 spiro atoms. The smallest absolute Gasteiger partial charge is 0.129 e. The first kappa shape index (κ1) is 24.1. The third kappa shape index (κ3) is 7.60. The van der Waals surface area contributed by atoms with Crippen LogP contribution in [0.5, 0.6) is 11.5 Å². The van der Waals surface area contributed by atoms with E-state index in [4.69, 9.17) is 9.47 Å². The molecule has 4 heteroatoms. The van der Waals surface area contributed by atoms with Crippen molar-refractivity contribution in [2.45, 2.75) is 65.0 Å². The summed E-state index contributed by atoms with van der Waals surface area (Å²) in [6.45, 7) is 13.7. The van der Waals surface area contributed by atoms with Crippen LogP contribution in [0.2, 0.25) is 39.3 Å². The van der Waals surface area contributed by atoms with E-state index in [1.165, 1.54) is 16.5 Å². The lowest BCUT2D eigenvalue weighted by Crippen LogP contribution is -2.16. The fraction of sp³-hybridized carbons (Fsp3) is 0.462. The molecule has 0 N–H and O–H groups in total. The van der Waals surface area contributed by atoms with Crippen molar-refractivity contribution < 1.29 is 9.47 Å². The predicted octanol–water partition coefficient (Wildman–Crippen LogP) is 6.48. The highest BCUT2D eigenvalue weighted by Gasteiger charge is 2.11. The molecule has 0 radical (unpaired) electrons. The molecule has 0 aliphatic carbocycles. The minimum atomic E-state index is -1.32. The molecule has 30 heavy (non-hydrogen) atoms. The molecular weight excluding hydrogens is 400 g/mol. The fourth-order valence-electron chi connectivity index (χ4n) is 3.22. The Bertz CT molecular complexity index is 925. The number of rotatable bonds is 6. The standard InChI is InChI=1S/C26H36O2Si2/c1-27-25-19-24-20-26(28-2)22(14-10-12-16-30(6,7)8)18-23(24)17-21(25)13-9-11-15-29(3,4)5/h17-20H,9-10,13-14H2,1-8H3. The van der Waals surface area contributed by atoms with Gasteiger partial charge in [0.25, 0.3) is 0 Å². The first-order valence-electron chi connectivity index (χ1n) is 10.7. The first-order valence-corrected chi connectivity index (χ1v) is 17.7. The molecule has 2 aromatic rings. The van der Waals surface area contributed by atoms with Gasteiger partial charge in [-0.2, -0.15) is 0 Å². The monoisotopic (exact) mass is 436 g/mol. The van der Waals surface area contributed by atoms with E-state index in [1.807, 2.05) is 0 Å². The van der Waals surface area contributed by atoms with E-state index in [-0.39, 0.29) is 0 Å². The summed E-state index contributed by atoms with van der Waals surface area (Å²) >= 11 is 0. The second kappa shape index (κ2) is 10.2. The van der Waals surface area contributed by atoms with Crippen LogP contribution < -0.4 is 9.47 Å². The van der Waals surface area contributed by atoms with Gasteiger partial charge in [0.05, 0.1) is 14.2 Å².